The van der Waals surface area contributed by atoms with Crippen molar-refractivity contribution in [2.75, 3.05) is 19.7 Å². The molecular weight excluding hydrogens is 333 g/mol. The van der Waals surface area contributed by atoms with Crippen molar-refractivity contribution < 1.29 is 13.9 Å². The van der Waals surface area contributed by atoms with Gasteiger partial charge >= 0.3 is 0 Å². The summed E-state index contributed by atoms with van der Waals surface area (Å²) in [5.74, 6) is -0.367. The zero-order valence-electron chi connectivity index (χ0n) is 14.1. The van der Waals surface area contributed by atoms with Crippen molar-refractivity contribution in [2.45, 2.75) is 6.10 Å². The molecule has 1 amide bonds. The van der Waals surface area contributed by atoms with Gasteiger partial charge in [-0.1, -0.05) is 30.3 Å². The normalized spacial score (nSPS) is 17.3. The predicted molar refractivity (Wildman–Crippen MR) is 94.6 cm³/mol. The third-order valence-corrected chi connectivity index (χ3v) is 4.45. The molecule has 0 saturated carbocycles. The smallest absolute Gasteiger partial charge is 0.257 e. The highest BCUT2D eigenvalue weighted by molar-refractivity contribution is 5.94. The first-order valence-corrected chi connectivity index (χ1v) is 8.47. The Morgan fingerprint density at radius 2 is 1.88 bits per heavy atom. The van der Waals surface area contributed by atoms with E-state index in [1.807, 2.05) is 30.3 Å². The van der Waals surface area contributed by atoms with Crippen LogP contribution in [0.2, 0.25) is 0 Å². The molecule has 26 heavy (non-hydrogen) atoms. The number of halogens is 1. The number of ether oxygens (including phenoxy) is 1. The van der Waals surface area contributed by atoms with E-state index in [4.69, 9.17) is 4.74 Å². The van der Waals surface area contributed by atoms with Crippen molar-refractivity contribution in [3.05, 3.63) is 83.9 Å². The van der Waals surface area contributed by atoms with E-state index in [1.54, 1.807) is 34.1 Å². The fourth-order valence-corrected chi connectivity index (χ4v) is 3.05. The lowest BCUT2D eigenvalue weighted by atomic mass is 10.1. The summed E-state index contributed by atoms with van der Waals surface area (Å²) in [6, 6.07) is 15.8. The number of amides is 1. The fourth-order valence-electron chi connectivity index (χ4n) is 3.05. The molecule has 2 heterocycles. The summed E-state index contributed by atoms with van der Waals surface area (Å²) >= 11 is 0. The molecule has 1 aliphatic heterocycles. The first-order chi connectivity index (χ1) is 12.7. The number of hydrogen-bond acceptors (Lipinski definition) is 3. The van der Waals surface area contributed by atoms with Crippen molar-refractivity contribution in [2.24, 2.45) is 0 Å². The van der Waals surface area contributed by atoms with E-state index in [2.05, 4.69) is 5.10 Å². The molecule has 1 fully saturated rings. The number of aromatic nitrogens is 2. The van der Waals surface area contributed by atoms with E-state index in [-0.39, 0.29) is 17.8 Å². The number of hydrogen-bond donors (Lipinski definition) is 0. The van der Waals surface area contributed by atoms with E-state index >= 15 is 0 Å². The monoisotopic (exact) mass is 351 g/mol. The molecule has 6 heteroatoms. The lowest BCUT2D eigenvalue weighted by Gasteiger charge is -2.33. The average molecular weight is 351 g/mol. The lowest BCUT2D eigenvalue weighted by Crippen LogP contribution is -2.42. The summed E-state index contributed by atoms with van der Waals surface area (Å²) < 4.78 is 20.6. The molecule has 2 aromatic carbocycles. The van der Waals surface area contributed by atoms with Crippen LogP contribution in [0.25, 0.3) is 5.69 Å². The number of morpholine rings is 1. The van der Waals surface area contributed by atoms with E-state index < -0.39 is 0 Å². The van der Waals surface area contributed by atoms with Crippen LogP contribution in [0, 0.1) is 5.82 Å². The Morgan fingerprint density at radius 1 is 1.12 bits per heavy atom. The van der Waals surface area contributed by atoms with E-state index in [0.29, 0.717) is 25.3 Å². The Morgan fingerprint density at radius 3 is 2.65 bits per heavy atom. The van der Waals surface area contributed by atoms with Gasteiger partial charge in [0.25, 0.3) is 5.91 Å². The highest BCUT2D eigenvalue weighted by Gasteiger charge is 2.27. The van der Waals surface area contributed by atoms with Crippen LogP contribution in [0.5, 0.6) is 0 Å². The maximum atomic E-state index is 13.1. The molecular formula is C20H18FN3O2. The lowest BCUT2D eigenvalue weighted by molar-refractivity contribution is -0.0228. The molecule has 5 nitrogen and oxygen atoms in total. The SMILES string of the molecule is O=C(c1cnn(-c2ccccc2)c1)N1CCOC(c2ccc(F)cc2)C1. The summed E-state index contributed by atoms with van der Waals surface area (Å²) in [7, 11) is 0. The molecule has 1 unspecified atom stereocenters. The van der Waals surface area contributed by atoms with Gasteiger partial charge in [-0.2, -0.15) is 5.10 Å². The van der Waals surface area contributed by atoms with Gasteiger partial charge < -0.3 is 9.64 Å². The van der Waals surface area contributed by atoms with Gasteiger partial charge in [-0.15, -0.1) is 0 Å². The fraction of sp³-hybridized carbons (Fsp3) is 0.200. The van der Waals surface area contributed by atoms with Gasteiger partial charge in [0, 0.05) is 12.7 Å². The summed E-state index contributed by atoms with van der Waals surface area (Å²) in [5.41, 5.74) is 2.30. The molecule has 0 radical (unpaired) electrons. The summed E-state index contributed by atoms with van der Waals surface area (Å²) in [6.45, 7) is 1.40. The van der Waals surface area contributed by atoms with Crippen molar-refractivity contribution in [3.8, 4) is 5.69 Å². The van der Waals surface area contributed by atoms with E-state index in [0.717, 1.165) is 11.3 Å². The molecule has 0 N–H and O–H groups in total. The minimum absolute atomic E-state index is 0.0809. The number of rotatable bonds is 3. The van der Waals surface area contributed by atoms with Crippen LogP contribution < -0.4 is 0 Å². The summed E-state index contributed by atoms with van der Waals surface area (Å²) in [6.07, 6.45) is 3.06. The largest absolute Gasteiger partial charge is 0.370 e. The predicted octanol–water partition coefficient (Wildman–Crippen LogP) is 3.23. The second-order valence-electron chi connectivity index (χ2n) is 6.17. The Hall–Kier alpha value is -2.99. The van der Waals surface area contributed by atoms with Gasteiger partial charge in [-0.25, -0.2) is 9.07 Å². The zero-order valence-corrected chi connectivity index (χ0v) is 14.1. The van der Waals surface area contributed by atoms with Gasteiger partial charge in [0.05, 0.1) is 30.6 Å². The van der Waals surface area contributed by atoms with Gasteiger partial charge in [0.15, 0.2) is 0 Å². The van der Waals surface area contributed by atoms with Crippen LogP contribution in [0.3, 0.4) is 0 Å². The first kappa shape index (κ1) is 16.5. The molecule has 3 aromatic rings. The number of benzene rings is 2. The molecule has 1 atom stereocenters. The molecule has 1 saturated heterocycles. The van der Waals surface area contributed by atoms with Crippen LogP contribution in [0.1, 0.15) is 22.0 Å². The number of carbonyl (C=O) groups excluding carboxylic acids is 1. The second-order valence-corrected chi connectivity index (χ2v) is 6.17. The quantitative estimate of drug-likeness (QED) is 0.728. The molecule has 0 spiro atoms. The Labute approximate surface area is 150 Å². The molecule has 4 rings (SSSR count). The third kappa shape index (κ3) is 3.36. The van der Waals surface area contributed by atoms with Crippen molar-refractivity contribution in [3.63, 3.8) is 0 Å². The Kier molecular flexibility index (Phi) is 4.50. The Bertz CT molecular complexity index is 893. The van der Waals surface area contributed by atoms with Gasteiger partial charge in [-0.3, -0.25) is 4.79 Å². The molecule has 132 valence electrons. The number of carbonyl (C=O) groups is 1. The topological polar surface area (TPSA) is 47.4 Å². The van der Waals surface area contributed by atoms with E-state index in [1.165, 1.54) is 12.1 Å². The van der Waals surface area contributed by atoms with Crippen LogP contribution in [0.15, 0.2) is 67.0 Å². The average Bonchev–Trinajstić information content (AvgIpc) is 3.19. The van der Waals surface area contributed by atoms with Gasteiger partial charge in [-0.05, 0) is 29.8 Å². The van der Waals surface area contributed by atoms with Crippen LogP contribution >= 0.6 is 0 Å². The minimum atomic E-state index is -0.286. The maximum absolute atomic E-state index is 13.1. The first-order valence-electron chi connectivity index (χ1n) is 8.47. The number of para-hydroxylation sites is 1. The molecule has 0 bridgehead atoms. The standard InChI is InChI=1S/C20H18FN3O2/c21-17-8-6-15(7-9-17)19-14-23(10-11-26-19)20(25)16-12-22-24(13-16)18-4-2-1-3-5-18/h1-9,12-13,19H,10-11,14H2. The van der Waals surface area contributed by atoms with E-state index in [9.17, 15) is 9.18 Å². The summed E-state index contributed by atoms with van der Waals surface area (Å²) in [4.78, 5) is 14.6. The van der Waals surface area contributed by atoms with Crippen LogP contribution in [-0.2, 0) is 4.74 Å². The highest BCUT2D eigenvalue weighted by Crippen LogP contribution is 2.23. The third-order valence-electron chi connectivity index (χ3n) is 4.45. The molecule has 1 aliphatic rings. The van der Waals surface area contributed by atoms with Crippen LogP contribution in [0.4, 0.5) is 4.39 Å². The van der Waals surface area contributed by atoms with Crippen LogP contribution in [-0.4, -0.2) is 40.3 Å². The summed E-state index contributed by atoms with van der Waals surface area (Å²) in [5, 5.41) is 4.29. The van der Waals surface area contributed by atoms with Crippen molar-refractivity contribution in [1.29, 1.82) is 0 Å². The maximum Gasteiger partial charge on any atom is 0.257 e. The minimum Gasteiger partial charge on any atom is -0.370 e. The molecule has 0 aliphatic carbocycles. The Balaban J connectivity index is 1.49. The molecule has 1 aromatic heterocycles. The highest BCUT2D eigenvalue weighted by atomic mass is 19.1. The van der Waals surface area contributed by atoms with Gasteiger partial charge in [0.1, 0.15) is 11.9 Å². The van der Waals surface area contributed by atoms with Crippen molar-refractivity contribution >= 4 is 5.91 Å². The number of nitrogens with zero attached hydrogens (tertiary/aromatic N) is 3. The van der Waals surface area contributed by atoms with Gasteiger partial charge in [0.2, 0.25) is 0 Å². The second kappa shape index (κ2) is 7.09. The van der Waals surface area contributed by atoms with Crippen molar-refractivity contribution in [1.82, 2.24) is 14.7 Å². The zero-order chi connectivity index (χ0) is 17.9.